The number of ether oxygens (including phenoxy) is 1. The molecule has 0 bridgehead atoms. The summed E-state index contributed by atoms with van der Waals surface area (Å²) in [7, 11) is 0. The maximum atomic E-state index is 12.9. The molecule has 0 aliphatic heterocycles. The molecule has 2 nitrogen and oxygen atoms in total. The highest BCUT2D eigenvalue weighted by Gasteiger charge is 2.05. The van der Waals surface area contributed by atoms with E-state index < -0.39 is 0 Å². The second-order valence-corrected chi connectivity index (χ2v) is 3.61. The van der Waals surface area contributed by atoms with Crippen molar-refractivity contribution < 1.29 is 13.9 Å². The first-order valence-electron chi connectivity index (χ1n) is 4.42. The molecule has 0 fully saturated rings. The monoisotopic (exact) mass is 272 g/mol. The summed E-state index contributed by atoms with van der Waals surface area (Å²) >= 11 is 3.01. The van der Waals surface area contributed by atoms with E-state index in [0.29, 0.717) is 12.2 Å². The van der Waals surface area contributed by atoms with Crippen molar-refractivity contribution >= 4 is 21.7 Å². The lowest BCUT2D eigenvalue weighted by atomic mass is 10.1. The summed E-state index contributed by atoms with van der Waals surface area (Å²) in [4.78, 5) is 11.5. The molecular formula is C11H10BrFO2. The minimum absolute atomic E-state index is 0.218. The predicted octanol–water partition coefficient (Wildman–Crippen LogP) is 3.32. The summed E-state index contributed by atoms with van der Waals surface area (Å²) in [5.74, 6) is -0.607. The molecule has 0 spiro atoms. The van der Waals surface area contributed by atoms with Gasteiger partial charge in [-0.1, -0.05) is 0 Å². The maximum Gasteiger partial charge on any atom is 0.188 e. The first kappa shape index (κ1) is 11.9. The van der Waals surface area contributed by atoms with Crippen LogP contribution in [-0.4, -0.2) is 12.4 Å². The molecular weight excluding hydrogens is 263 g/mol. The quantitative estimate of drug-likeness (QED) is 0.478. The Balaban J connectivity index is 2.78. The van der Waals surface area contributed by atoms with Crippen molar-refractivity contribution in [1.82, 2.24) is 0 Å². The highest BCUT2D eigenvalue weighted by Crippen LogP contribution is 2.17. The Morgan fingerprint density at radius 1 is 1.60 bits per heavy atom. The average molecular weight is 273 g/mol. The molecule has 0 atom stereocenters. The van der Waals surface area contributed by atoms with Gasteiger partial charge in [-0.15, -0.1) is 0 Å². The standard InChI is InChI=1S/C11H10BrFO2/c1-2-15-6-5-11(14)8-3-4-10(13)9(12)7-8/h3-7H,2H2,1H3. The van der Waals surface area contributed by atoms with Crippen molar-refractivity contribution in [3.8, 4) is 0 Å². The van der Waals surface area contributed by atoms with Crippen LogP contribution in [0.4, 0.5) is 4.39 Å². The number of ketones is 1. The van der Waals surface area contributed by atoms with Gasteiger partial charge < -0.3 is 4.74 Å². The van der Waals surface area contributed by atoms with Gasteiger partial charge in [0.25, 0.3) is 0 Å². The predicted molar refractivity (Wildman–Crippen MR) is 59.2 cm³/mol. The van der Waals surface area contributed by atoms with Gasteiger partial charge in [0.15, 0.2) is 5.78 Å². The highest BCUT2D eigenvalue weighted by atomic mass is 79.9. The smallest absolute Gasteiger partial charge is 0.188 e. The van der Waals surface area contributed by atoms with E-state index in [9.17, 15) is 9.18 Å². The molecule has 0 aromatic heterocycles. The average Bonchev–Trinajstić information content (AvgIpc) is 2.22. The van der Waals surface area contributed by atoms with E-state index in [1.54, 1.807) is 0 Å². The molecule has 0 heterocycles. The van der Waals surface area contributed by atoms with E-state index in [1.165, 1.54) is 30.5 Å². The van der Waals surface area contributed by atoms with Crippen LogP contribution in [0.25, 0.3) is 0 Å². The first-order chi connectivity index (χ1) is 7.15. The number of benzene rings is 1. The molecule has 0 saturated heterocycles. The van der Waals surface area contributed by atoms with Crippen LogP contribution in [0, 0.1) is 5.82 Å². The molecule has 0 aliphatic rings. The van der Waals surface area contributed by atoms with Crippen molar-refractivity contribution in [3.63, 3.8) is 0 Å². The lowest BCUT2D eigenvalue weighted by Crippen LogP contribution is -1.95. The number of allylic oxidation sites excluding steroid dienone is 1. The van der Waals surface area contributed by atoms with Crippen molar-refractivity contribution in [2.24, 2.45) is 0 Å². The summed E-state index contributed by atoms with van der Waals surface area (Å²) < 4.78 is 18.0. The lowest BCUT2D eigenvalue weighted by Gasteiger charge is -1.98. The first-order valence-corrected chi connectivity index (χ1v) is 5.22. The number of hydrogen-bond acceptors (Lipinski definition) is 2. The molecule has 0 unspecified atom stereocenters. The van der Waals surface area contributed by atoms with Gasteiger partial charge in [0.1, 0.15) is 5.82 Å². The van der Waals surface area contributed by atoms with E-state index in [2.05, 4.69) is 15.9 Å². The second kappa shape index (κ2) is 5.66. The molecule has 0 saturated carbocycles. The minimum atomic E-state index is -0.389. The van der Waals surface area contributed by atoms with Gasteiger partial charge in [-0.2, -0.15) is 0 Å². The van der Waals surface area contributed by atoms with Crippen LogP contribution in [-0.2, 0) is 4.74 Å². The van der Waals surface area contributed by atoms with Crippen LogP contribution in [0.3, 0.4) is 0 Å². The molecule has 15 heavy (non-hydrogen) atoms. The maximum absolute atomic E-state index is 12.9. The Kier molecular flexibility index (Phi) is 4.49. The molecule has 1 aromatic carbocycles. The van der Waals surface area contributed by atoms with Gasteiger partial charge in [0.2, 0.25) is 0 Å². The van der Waals surface area contributed by atoms with Crippen molar-refractivity contribution in [2.75, 3.05) is 6.61 Å². The third kappa shape index (κ3) is 3.47. The fourth-order valence-corrected chi connectivity index (χ4v) is 1.33. The molecule has 0 radical (unpaired) electrons. The van der Waals surface area contributed by atoms with Gasteiger partial charge in [0.05, 0.1) is 17.3 Å². The number of rotatable bonds is 4. The highest BCUT2D eigenvalue weighted by molar-refractivity contribution is 9.10. The molecule has 1 rings (SSSR count). The van der Waals surface area contributed by atoms with E-state index in [0.717, 1.165) is 0 Å². The molecule has 1 aromatic rings. The Morgan fingerprint density at radius 3 is 2.93 bits per heavy atom. The lowest BCUT2D eigenvalue weighted by molar-refractivity contribution is 0.104. The summed E-state index contributed by atoms with van der Waals surface area (Å²) in [5.41, 5.74) is 0.416. The summed E-state index contributed by atoms with van der Waals surface area (Å²) in [6.45, 7) is 2.33. The topological polar surface area (TPSA) is 26.3 Å². The molecule has 0 aliphatic carbocycles. The largest absolute Gasteiger partial charge is 0.501 e. The fourth-order valence-electron chi connectivity index (χ4n) is 0.952. The molecule has 0 N–H and O–H groups in total. The number of hydrogen-bond donors (Lipinski definition) is 0. The van der Waals surface area contributed by atoms with E-state index in [-0.39, 0.29) is 16.1 Å². The third-order valence-corrected chi connectivity index (χ3v) is 2.29. The zero-order valence-corrected chi connectivity index (χ0v) is 9.75. The van der Waals surface area contributed by atoms with Gasteiger partial charge in [0, 0.05) is 11.6 Å². The van der Waals surface area contributed by atoms with Crippen molar-refractivity contribution in [2.45, 2.75) is 6.92 Å². The van der Waals surface area contributed by atoms with Crippen LogP contribution in [0.15, 0.2) is 35.0 Å². The zero-order valence-electron chi connectivity index (χ0n) is 8.17. The summed E-state index contributed by atoms with van der Waals surface area (Å²) in [5, 5.41) is 0. The van der Waals surface area contributed by atoms with Crippen LogP contribution in [0.1, 0.15) is 17.3 Å². The molecule has 0 amide bonds. The van der Waals surface area contributed by atoms with Crippen molar-refractivity contribution in [3.05, 3.63) is 46.4 Å². The van der Waals surface area contributed by atoms with E-state index in [1.807, 2.05) is 6.92 Å². The van der Waals surface area contributed by atoms with Gasteiger partial charge in [-0.25, -0.2) is 4.39 Å². The van der Waals surface area contributed by atoms with Gasteiger partial charge in [-0.3, -0.25) is 4.79 Å². The van der Waals surface area contributed by atoms with Crippen molar-refractivity contribution in [1.29, 1.82) is 0 Å². The van der Waals surface area contributed by atoms with Gasteiger partial charge >= 0.3 is 0 Å². The fraction of sp³-hybridized carbons (Fsp3) is 0.182. The Morgan fingerprint density at radius 2 is 2.33 bits per heavy atom. The minimum Gasteiger partial charge on any atom is -0.501 e. The second-order valence-electron chi connectivity index (χ2n) is 2.75. The zero-order chi connectivity index (χ0) is 11.3. The third-order valence-electron chi connectivity index (χ3n) is 1.69. The van der Waals surface area contributed by atoms with Crippen LogP contribution < -0.4 is 0 Å². The molecule has 80 valence electrons. The summed E-state index contributed by atoms with van der Waals surface area (Å²) in [6, 6.07) is 4.11. The number of carbonyl (C=O) groups excluding carboxylic acids is 1. The summed E-state index contributed by atoms with van der Waals surface area (Å²) in [6.07, 6.45) is 2.64. The Hall–Kier alpha value is -1.16. The van der Waals surface area contributed by atoms with E-state index >= 15 is 0 Å². The van der Waals surface area contributed by atoms with Crippen LogP contribution in [0.5, 0.6) is 0 Å². The van der Waals surface area contributed by atoms with E-state index in [4.69, 9.17) is 4.74 Å². The van der Waals surface area contributed by atoms with Crippen LogP contribution in [0.2, 0.25) is 0 Å². The SMILES string of the molecule is CCOC=CC(=O)c1ccc(F)c(Br)c1. The number of carbonyl (C=O) groups is 1. The normalized spacial score (nSPS) is 10.6. The van der Waals surface area contributed by atoms with Crippen LogP contribution >= 0.6 is 15.9 Å². The Bertz CT molecular complexity index is 388. The van der Waals surface area contributed by atoms with Gasteiger partial charge in [-0.05, 0) is 41.1 Å². The molecule has 4 heteroatoms. The number of halogens is 2. The Labute approximate surface area is 95.9 Å².